The summed E-state index contributed by atoms with van der Waals surface area (Å²) in [6.45, 7) is 0.974. The molecule has 6 nitrogen and oxygen atoms in total. The van der Waals surface area contributed by atoms with Crippen molar-refractivity contribution >= 4 is 59.0 Å². The summed E-state index contributed by atoms with van der Waals surface area (Å²) in [4.78, 5) is 23.6. The SMILES string of the molecule is O=C(OCc1ccc(I2C3C4C5[I-]C5C4C32)cc1)N1CCC[C@H]1c1nc(Br)c2c(Cl)nccn12. The number of ether oxygens (including phenoxy) is 1. The van der Waals surface area contributed by atoms with Crippen LogP contribution in [0.15, 0.2) is 41.3 Å². The van der Waals surface area contributed by atoms with E-state index in [-0.39, 0.29) is 12.1 Å². The van der Waals surface area contributed by atoms with Crippen LogP contribution in [0.5, 0.6) is 0 Å². The Hall–Kier alpha value is -0.660. The first-order chi connectivity index (χ1) is 16.6. The zero-order valence-corrected chi connectivity index (χ0v) is 24.6. The van der Waals surface area contributed by atoms with Gasteiger partial charge in [0.25, 0.3) is 0 Å². The maximum atomic E-state index is 13.0. The van der Waals surface area contributed by atoms with Crippen LogP contribution in [0.2, 0.25) is 5.15 Å². The number of halogens is 4. The molecule has 10 heteroatoms. The third-order valence-electron chi connectivity index (χ3n) is 8.03. The van der Waals surface area contributed by atoms with E-state index in [4.69, 9.17) is 16.3 Å². The van der Waals surface area contributed by atoms with E-state index in [1.54, 1.807) is 14.7 Å². The molecule has 5 fully saturated rings. The zero-order valence-electron chi connectivity index (χ0n) is 18.0. The summed E-state index contributed by atoms with van der Waals surface area (Å²) in [6.07, 6.45) is 4.97. The van der Waals surface area contributed by atoms with Crippen molar-refractivity contribution in [3.63, 3.8) is 0 Å². The Morgan fingerprint density at radius 2 is 2.00 bits per heavy atom. The van der Waals surface area contributed by atoms with Crippen molar-refractivity contribution in [2.45, 2.75) is 41.2 Å². The molecule has 0 N–H and O–H groups in total. The van der Waals surface area contributed by atoms with Gasteiger partial charge in [0.05, 0.1) is 0 Å². The number of rotatable bonds is 4. The Balaban J connectivity index is 0.944. The number of benzene rings is 1. The molecule has 3 aliphatic heterocycles. The predicted molar refractivity (Wildman–Crippen MR) is 136 cm³/mol. The van der Waals surface area contributed by atoms with Gasteiger partial charge in [-0.25, -0.2) is 4.98 Å². The Bertz CT molecular complexity index is 1330. The first-order valence-corrected chi connectivity index (χ1v) is 18.8. The molecule has 2 aromatic heterocycles. The van der Waals surface area contributed by atoms with Gasteiger partial charge in [0.15, 0.2) is 5.15 Å². The van der Waals surface area contributed by atoms with Crippen LogP contribution < -0.4 is 21.2 Å². The minimum absolute atomic E-state index is 0.145. The number of fused-ring (bicyclic) bond motifs is 8. The van der Waals surface area contributed by atoms with Crippen molar-refractivity contribution < 1.29 is 30.7 Å². The molecule has 2 aliphatic carbocycles. The third kappa shape index (κ3) is 2.98. The monoisotopic (exact) mass is 765 g/mol. The van der Waals surface area contributed by atoms with Gasteiger partial charge in [-0.3, -0.25) is 0 Å². The summed E-state index contributed by atoms with van der Waals surface area (Å²) in [5.74, 6) is 3.15. The second kappa shape index (κ2) is 7.67. The summed E-state index contributed by atoms with van der Waals surface area (Å²) >= 11 is 9.52. The number of hydrogen-bond donors (Lipinski definition) is 0. The van der Waals surface area contributed by atoms with Crippen LogP contribution in [0, 0.1) is 15.4 Å². The number of alkyl halides is 4. The maximum absolute atomic E-state index is 13.0. The third-order valence-corrected chi connectivity index (χ3v) is 20.5. The molecule has 1 amide bonds. The van der Waals surface area contributed by atoms with Gasteiger partial charge in [-0.1, -0.05) is 11.6 Å². The van der Waals surface area contributed by atoms with Gasteiger partial charge in [0.1, 0.15) is 0 Å². The van der Waals surface area contributed by atoms with Gasteiger partial charge < -0.3 is 0 Å². The molecule has 5 heterocycles. The molecular formula is C24H21BrClI2N4O2-. The fraction of sp³-hybridized carbons (Fsp3) is 0.458. The van der Waals surface area contributed by atoms with Crippen LogP contribution >= 0.6 is 47.4 Å². The molecule has 8 rings (SSSR count). The fourth-order valence-electron chi connectivity index (χ4n) is 6.31. The summed E-state index contributed by atoms with van der Waals surface area (Å²) in [6, 6.07) is 8.91. The molecule has 6 unspecified atom stereocenters. The van der Waals surface area contributed by atoms with E-state index >= 15 is 0 Å². The number of nitrogens with zero attached hydrogens (tertiary/aromatic N) is 4. The van der Waals surface area contributed by atoms with Gasteiger partial charge in [0, 0.05) is 6.20 Å². The van der Waals surface area contributed by atoms with Crippen molar-refractivity contribution in [2.24, 2.45) is 11.8 Å². The molecule has 0 spiro atoms. The predicted octanol–water partition coefficient (Wildman–Crippen LogP) is 2.15. The number of amides is 1. The van der Waals surface area contributed by atoms with E-state index in [0.717, 1.165) is 37.6 Å². The number of likely N-dealkylation sites (tertiary alicyclic amines) is 1. The molecule has 7 atom stereocenters. The minimum atomic E-state index is -0.880. The Labute approximate surface area is 227 Å². The van der Waals surface area contributed by atoms with Gasteiger partial charge >= 0.3 is 186 Å². The molecule has 1 aromatic carbocycles. The molecule has 3 aromatic rings. The quantitative estimate of drug-likeness (QED) is 0.302. The van der Waals surface area contributed by atoms with Crippen LogP contribution in [0.25, 0.3) is 5.52 Å². The number of carbonyl (C=O) groups is 1. The average molecular weight is 767 g/mol. The van der Waals surface area contributed by atoms with E-state index in [1.807, 2.05) is 10.6 Å². The van der Waals surface area contributed by atoms with Crippen molar-refractivity contribution in [1.82, 2.24) is 19.3 Å². The van der Waals surface area contributed by atoms with Crippen molar-refractivity contribution in [3.05, 3.63) is 61.4 Å². The van der Waals surface area contributed by atoms with Crippen molar-refractivity contribution in [2.75, 3.05) is 6.54 Å². The zero-order chi connectivity index (χ0) is 22.7. The molecule has 2 saturated carbocycles. The van der Waals surface area contributed by atoms with Crippen LogP contribution in [-0.4, -0.2) is 47.6 Å². The first-order valence-electron chi connectivity index (χ1n) is 11.6. The summed E-state index contributed by atoms with van der Waals surface area (Å²) in [7, 11) is 0. The molecule has 5 aliphatic rings. The average Bonchev–Trinajstić information content (AvgIpc) is 3.51. The first kappa shape index (κ1) is 21.4. The number of carbonyl (C=O) groups excluding carboxylic acids is 1. The van der Waals surface area contributed by atoms with E-state index in [2.05, 4.69) is 50.2 Å². The van der Waals surface area contributed by atoms with Crippen LogP contribution in [0.3, 0.4) is 0 Å². The van der Waals surface area contributed by atoms with Gasteiger partial charge in [0.2, 0.25) is 0 Å². The van der Waals surface area contributed by atoms with Crippen LogP contribution in [0.4, 0.5) is 4.79 Å². The summed E-state index contributed by atoms with van der Waals surface area (Å²) in [5.41, 5.74) is 1.79. The molecule has 0 bridgehead atoms. The van der Waals surface area contributed by atoms with Crippen LogP contribution in [0.1, 0.15) is 30.3 Å². The summed E-state index contributed by atoms with van der Waals surface area (Å²) < 4.78 is 14.8. The second-order valence-corrected chi connectivity index (χ2v) is 20.4. The number of hydrogen-bond acceptors (Lipinski definition) is 4. The number of imidazole rings is 1. The number of aromatic nitrogens is 3. The normalized spacial score (nSPS) is 35.4. The Morgan fingerprint density at radius 1 is 1.24 bits per heavy atom. The molecule has 178 valence electrons. The van der Waals surface area contributed by atoms with E-state index in [1.165, 1.54) is 19.7 Å². The second-order valence-electron chi connectivity index (χ2n) is 9.63. The Kier molecular flexibility index (Phi) is 4.84. The van der Waals surface area contributed by atoms with Crippen molar-refractivity contribution in [1.29, 1.82) is 0 Å². The van der Waals surface area contributed by atoms with E-state index < -0.39 is 19.8 Å². The van der Waals surface area contributed by atoms with Crippen molar-refractivity contribution in [3.8, 4) is 0 Å². The van der Waals surface area contributed by atoms with Gasteiger partial charge in [-0.2, -0.15) is 0 Å². The van der Waals surface area contributed by atoms with E-state index in [9.17, 15) is 4.79 Å². The topological polar surface area (TPSA) is 59.7 Å². The molecule has 0 radical (unpaired) electrons. The van der Waals surface area contributed by atoms with Crippen LogP contribution in [-0.2, 0) is 11.3 Å². The summed E-state index contributed by atoms with van der Waals surface area (Å²) in [5, 5.41) is 0.386. The Morgan fingerprint density at radius 3 is 2.76 bits per heavy atom. The van der Waals surface area contributed by atoms with E-state index in [0.29, 0.717) is 44.1 Å². The van der Waals surface area contributed by atoms with Gasteiger partial charge in [-0.05, 0) is 15.9 Å². The molecule has 3 saturated heterocycles. The standard InChI is InChI=1S/C24H21BrClI2N4O2/c25-21-20-22(26)29-7-9-32(20)23(30-21)13-2-1-8-31(13)24(33)34-10-11-3-5-12(6-4-11)28-18-14-15(19(18)28)17-16(14)27-17/h3-7,9,13-19H,1-2,8,10H2/q-1/t13-,14?,15?,16?,17?,18?,19?/m0/s1. The van der Waals surface area contributed by atoms with Gasteiger partial charge in [-0.15, -0.1) is 0 Å². The molecule has 34 heavy (non-hydrogen) atoms. The molecular weight excluding hydrogens is 745 g/mol. The fourth-order valence-corrected chi connectivity index (χ4v) is 22.9.